The number of nitrogens with one attached hydrogen (secondary N) is 1. The number of ether oxygens (including phenoxy) is 1. The van der Waals surface area contributed by atoms with Gasteiger partial charge in [0.05, 0.1) is 4.47 Å². The fraction of sp³-hybridized carbons (Fsp3) is 0.333. The molecule has 0 saturated carbocycles. The molecule has 3 rings (SSSR count). The first kappa shape index (κ1) is 26.0. The molecule has 34 heavy (non-hydrogen) atoms. The molecule has 0 bridgehead atoms. The summed E-state index contributed by atoms with van der Waals surface area (Å²) >= 11 is 9.63. The molecule has 1 N–H and O–H groups in total. The zero-order valence-electron chi connectivity index (χ0n) is 19.7. The van der Waals surface area contributed by atoms with Crippen molar-refractivity contribution < 1.29 is 14.3 Å². The van der Waals surface area contributed by atoms with Gasteiger partial charge in [-0.25, -0.2) is 0 Å². The Morgan fingerprint density at radius 3 is 2.44 bits per heavy atom. The van der Waals surface area contributed by atoms with Gasteiger partial charge in [0, 0.05) is 18.1 Å². The summed E-state index contributed by atoms with van der Waals surface area (Å²) in [4.78, 5) is 27.9. The van der Waals surface area contributed by atoms with Crippen molar-refractivity contribution in [2.24, 2.45) is 5.92 Å². The van der Waals surface area contributed by atoms with Crippen molar-refractivity contribution >= 4 is 50.1 Å². The molecule has 2 amide bonds. The van der Waals surface area contributed by atoms with Crippen LogP contribution in [-0.4, -0.2) is 35.9 Å². The lowest BCUT2D eigenvalue weighted by Crippen LogP contribution is -2.50. The molecule has 0 unspecified atom stereocenters. The third kappa shape index (κ3) is 6.73. The highest BCUT2D eigenvalue weighted by atomic mass is 79.9. The second-order valence-electron chi connectivity index (χ2n) is 8.60. The molecule has 0 fully saturated rings. The monoisotopic (exact) mass is 544 g/mol. The van der Waals surface area contributed by atoms with E-state index in [1.807, 2.05) is 69.3 Å². The van der Waals surface area contributed by atoms with Gasteiger partial charge in [0.2, 0.25) is 5.91 Å². The minimum atomic E-state index is -0.606. The Morgan fingerprint density at radius 2 is 1.76 bits per heavy atom. The zero-order valence-corrected chi connectivity index (χ0v) is 22.0. The van der Waals surface area contributed by atoms with Gasteiger partial charge in [0.25, 0.3) is 5.91 Å². The molecule has 0 aliphatic heterocycles. The van der Waals surface area contributed by atoms with Crippen LogP contribution in [0.3, 0.4) is 0 Å². The number of amides is 2. The van der Waals surface area contributed by atoms with E-state index in [0.29, 0.717) is 29.7 Å². The Morgan fingerprint density at radius 1 is 1.06 bits per heavy atom. The summed E-state index contributed by atoms with van der Waals surface area (Å²) in [5, 5.41) is 5.66. The second kappa shape index (κ2) is 12.2. The van der Waals surface area contributed by atoms with Gasteiger partial charge in [0.15, 0.2) is 6.61 Å². The summed E-state index contributed by atoms with van der Waals surface area (Å²) in [7, 11) is 0. The molecule has 0 aliphatic rings. The van der Waals surface area contributed by atoms with Crippen LogP contribution in [0.5, 0.6) is 5.75 Å². The highest BCUT2D eigenvalue weighted by Gasteiger charge is 2.29. The molecule has 0 spiro atoms. The predicted molar refractivity (Wildman–Crippen MR) is 141 cm³/mol. The number of carbonyl (C=O) groups excluding carboxylic acids is 2. The van der Waals surface area contributed by atoms with E-state index in [-0.39, 0.29) is 25.0 Å². The predicted octanol–water partition coefficient (Wildman–Crippen LogP) is 6.21. The second-order valence-corrected chi connectivity index (χ2v) is 9.83. The van der Waals surface area contributed by atoms with Crippen molar-refractivity contribution in [3.8, 4) is 5.75 Å². The van der Waals surface area contributed by atoms with Gasteiger partial charge in [-0.3, -0.25) is 9.59 Å². The average molecular weight is 546 g/mol. The molecule has 3 aromatic rings. The van der Waals surface area contributed by atoms with E-state index in [4.69, 9.17) is 16.3 Å². The van der Waals surface area contributed by atoms with E-state index in [0.717, 1.165) is 20.8 Å². The first-order valence-corrected chi connectivity index (χ1v) is 12.6. The van der Waals surface area contributed by atoms with Gasteiger partial charge in [-0.2, -0.15) is 0 Å². The van der Waals surface area contributed by atoms with E-state index in [2.05, 4.69) is 21.2 Å². The number of fused-ring (bicyclic) bond motifs is 1. The Labute approximate surface area is 214 Å². The molecule has 3 aromatic carbocycles. The largest absolute Gasteiger partial charge is 0.483 e. The van der Waals surface area contributed by atoms with Crippen LogP contribution in [0.4, 0.5) is 0 Å². The third-order valence-corrected chi connectivity index (χ3v) is 6.59. The van der Waals surface area contributed by atoms with Crippen LogP contribution in [0.15, 0.2) is 65.1 Å². The maximum absolute atomic E-state index is 13.4. The smallest absolute Gasteiger partial charge is 0.261 e. The van der Waals surface area contributed by atoms with Crippen molar-refractivity contribution in [3.05, 3.63) is 75.7 Å². The molecule has 180 valence electrons. The molecular weight excluding hydrogens is 516 g/mol. The number of rotatable bonds is 10. The van der Waals surface area contributed by atoms with Crippen molar-refractivity contribution in [1.82, 2.24) is 10.2 Å². The van der Waals surface area contributed by atoms with Gasteiger partial charge in [-0.05, 0) is 62.8 Å². The topological polar surface area (TPSA) is 58.6 Å². The minimum Gasteiger partial charge on any atom is -0.483 e. The first-order chi connectivity index (χ1) is 16.3. The third-order valence-electron chi connectivity index (χ3n) is 5.52. The summed E-state index contributed by atoms with van der Waals surface area (Å²) in [6, 6.07) is 18.4. The Balaban J connectivity index is 1.81. The van der Waals surface area contributed by atoms with Gasteiger partial charge < -0.3 is 15.0 Å². The highest BCUT2D eigenvalue weighted by molar-refractivity contribution is 9.10. The van der Waals surface area contributed by atoms with Crippen LogP contribution in [-0.2, 0) is 16.1 Å². The van der Waals surface area contributed by atoms with Crippen molar-refractivity contribution in [3.63, 3.8) is 0 Å². The lowest BCUT2D eigenvalue weighted by Gasteiger charge is -2.31. The lowest BCUT2D eigenvalue weighted by atomic mass is 10.1. The van der Waals surface area contributed by atoms with Crippen LogP contribution < -0.4 is 10.1 Å². The fourth-order valence-electron chi connectivity index (χ4n) is 3.68. The summed E-state index contributed by atoms with van der Waals surface area (Å²) in [5.74, 6) is 0.471. The Hall–Kier alpha value is -2.57. The SMILES string of the molecule is CC[C@H](C(=O)NCC(C)C)N(Cc1ccc(Cl)cc1)C(=O)COc1ccc2ccccc2c1Br. The number of carbonyl (C=O) groups is 2. The van der Waals surface area contributed by atoms with Crippen molar-refractivity contribution in [2.45, 2.75) is 39.8 Å². The van der Waals surface area contributed by atoms with E-state index in [1.165, 1.54) is 0 Å². The number of hydrogen-bond donors (Lipinski definition) is 1. The summed E-state index contributed by atoms with van der Waals surface area (Å²) in [6.07, 6.45) is 0.489. The lowest BCUT2D eigenvalue weighted by molar-refractivity contribution is -0.143. The average Bonchev–Trinajstić information content (AvgIpc) is 2.83. The zero-order chi connectivity index (χ0) is 24.7. The molecular formula is C27H30BrClN2O3. The molecule has 7 heteroatoms. The van der Waals surface area contributed by atoms with Crippen molar-refractivity contribution in [2.75, 3.05) is 13.2 Å². The summed E-state index contributed by atoms with van der Waals surface area (Å²) < 4.78 is 6.72. The molecule has 5 nitrogen and oxygen atoms in total. The normalized spacial score (nSPS) is 11.9. The van der Waals surface area contributed by atoms with E-state index < -0.39 is 6.04 Å². The van der Waals surface area contributed by atoms with Crippen LogP contribution in [0.2, 0.25) is 5.02 Å². The van der Waals surface area contributed by atoms with Crippen LogP contribution >= 0.6 is 27.5 Å². The summed E-state index contributed by atoms with van der Waals surface area (Å²) in [6.45, 7) is 6.63. The minimum absolute atomic E-state index is 0.162. The van der Waals surface area contributed by atoms with Gasteiger partial charge in [-0.1, -0.05) is 74.8 Å². The van der Waals surface area contributed by atoms with Gasteiger partial charge in [0.1, 0.15) is 11.8 Å². The van der Waals surface area contributed by atoms with Crippen molar-refractivity contribution in [1.29, 1.82) is 0 Å². The van der Waals surface area contributed by atoms with E-state index in [1.54, 1.807) is 17.0 Å². The maximum Gasteiger partial charge on any atom is 0.261 e. The fourth-order valence-corrected chi connectivity index (χ4v) is 4.41. The van der Waals surface area contributed by atoms with Gasteiger partial charge in [-0.15, -0.1) is 0 Å². The standard InChI is InChI=1S/C27H30BrClN2O3/c1-4-23(27(33)30-15-18(2)3)31(16-19-9-12-21(29)13-10-19)25(32)17-34-24-14-11-20-7-5-6-8-22(20)26(24)28/h5-14,18,23H,4,15-17H2,1-3H3,(H,30,33)/t23-/m1/s1. The van der Waals surface area contributed by atoms with Crippen LogP contribution in [0.1, 0.15) is 32.8 Å². The quantitative estimate of drug-likeness (QED) is 0.329. The number of hydrogen-bond acceptors (Lipinski definition) is 3. The van der Waals surface area contributed by atoms with E-state index in [9.17, 15) is 9.59 Å². The Bertz CT molecular complexity index is 1130. The highest BCUT2D eigenvalue weighted by Crippen LogP contribution is 2.33. The molecule has 0 saturated heterocycles. The van der Waals surface area contributed by atoms with Crippen LogP contribution in [0, 0.1) is 5.92 Å². The summed E-state index contributed by atoms with van der Waals surface area (Å²) in [5.41, 5.74) is 0.889. The molecule has 0 aromatic heterocycles. The molecule has 1 atom stereocenters. The van der Waals surface area contributed by atoms with Crippen LogP contribution in [0.25, 0.3) is 10.8 Å². The first-order valence-electron chi connectivity index (χ1n) is 11.4. The molecule has 0 heterocycles. The number of halogens is 2. The number of benzene rings is 3. The maximum atomic E-state index is 13.4. The van der Waals surface area contributed by atoms with Gasteiger partial charge >= 0.3 is 0 Å². The van der Waals surface area contributed by atoms with E-state index >= 15 is 0 Å². The number of nitrogens with zero attached hydrogens (tertiary/aromatic N) is 1. The molecule has 0 radical (unpaired) electrons. The Kier molecular flexibility index (Phi) is 9.36. The molecule has 0 aliphatic carbocycles.